The number of nitrogens with zero attached hydrogens (tertiary/aromatic N) is 6. The van der Waals surface area contributed by atoms with Gasteiger partial charge in [-0.3, -0.25) is 9.59 Å². The zero-order chi connectivity index (χ0) is 38.3. The summed E-state index contributed by atoms with van der Waals surface area (Å²) in [6.07, 6.45) is -8.22. The van der Waals surface area contributed by atoms with Crippen LogP contribution >= 0.6 is 0 Å². The SMILES string of the molecule is COc1cccc(CC(Cn2ccc(-c3noc(C(F)(F)F)n3)cc2=O)(c2cccc(F)c2F)n2ccc(-c3noc(C(F)(F)F)n3)cc2=O)c1OC. The molecule has 0 amide bonds. The molecule has 0 fully saturated rings. The predicted molar refractivity (Wildman–Crippen MR) is 165 cm³/mol. The van der Waals surface area contributed by atoms with Gasteiger partial charge in [-0.2, -0.15) is 36.3 Å². The van der Waals surface area contributed by atoms with Gasteiger partial charge in [-0.25, -0.2) is 8.78 Å². The smallest absolute Gasteiger partial charge is 0.471 e. The van der Waals surface area contributed by atoms with Crippen molar-refractivity contribution in [1.29, 1.82) is 0 Å². The molecule has 4 aromatic heterocycles. The van der Waals surface area contributed by atoms with Crippen molar-refractivity contribution >= 4 is 0 Å². The van der Waals surface area contributed by atoms with E-state index in [0.29, 0.717) is 0 Å². The van der Waals surface area contributed by atoms with E-state index in [-0.39, 0.29) is 28.2 Å². The summed E-state index contributed by atoms with van der Waals surface area (Å²) in [7, 11) is 2.65. The van der Waals surface area contributed by atoms with Gasteiger partial charge in [-0.1, -0.05) is 34.6 Å². The Labute approximate surface area is 290 Å². The minimum absolute atomic E-state index is 0.118. The lowest BCUT2D eigenvalue weighted by molar-refractivity contribution is -0.160. The number of rotatable bonds is 10. The number of alkyl halides is 6. The number of para-hydroxylation sites is 1. The predicted octanol–water partition coefficient (Wildman–Crippen LogP) is 6.13. The molecule has 6 aromatic rings. The van der Waals surface area contributed by atoms with Crippen LogP contribution in [0.15, 0.2) is 91.7 Å². The molecule has 4 heterocycles. The fraction of sp³-hybridized carbons (Fsp3) is 0.212. The van der Waals surface area contributed by atoms with E-state index in [2.05, 4.69) is 29.3 Å². The van der Waals surface area contributed by atoms with E-state index < -0.39 is 82.6 Å². The Kier molecular flexibility index (Phi) is 9.39. The van der Waals surface area contributed by atoms with Crippen LogP contribution in [0, 0.1) is 11.6 Å². The molecule has 0 spiro atoms. The largest absolute Gasteiger partial charge is 0.493 e. The number of hydrogen-bond acceptors (Lipinski definition) is 10. The van der Waals surface area contributed by atoms with Crippen LogP contribution in [0.5, 0.6) is 11.5 Å². The molecule has 1 unspecified atom stereocenters. The van der Waals surface area contributed by atoms with Crippen molar-refractivity contribution in [1.82, 2.24) is 29.4 Å². The summed E-state index contributed by atoms with van der Waals surface area (Å²) in [6.45, 7) is -0.660. The van der Waals surface area contributed by atoms with Gasteiger partial charge in [0.25, 0.3) is 11.1 Å². The summed E-state index contributed by atoms with van der Waals surface area (Å²) in [6, 6.07) is 11.7. The van der Waals surface area contributed by atoms with Gasteiger partial charge >= 0.3 is 24.1 Å². The molecule has 0 radical (unpaired) electrons. The summed E-state index contributed by atoms with van der Waals surface area (Å²) < 4.78 is 131. The maximum atomic E-state index is 16.1. The Balaban J connectivity index is 1.58. The maximum Gasteiger partial charge on any atom is 0.471 e. The van der Waals surface area contributed by atoms with E-state index in [0.717, 1.165) is 64.0 Å². The minimum Gasteiger partial charge on any atom is -0.493 e. The second-order valence-electron chi connectivity index (χ2n) is 11.3. The van der Waals surface area contributed by atoms with E-state index in [4.69, 9.17) is 9.47 Å². The van der Waals surface area contributed by atoms with Crippen molar-refractivity contribution in [3.05, 3.63) is 128 Å². The highest BCUT2D eigenvalue weighted by molar-refractivity contribution is 5.54. The molecule has 276 valence electrons. The third-order valence-corrected chi connectivity index (χ3v) is 8.08. The number of halogens is 8. The third kappa shape index (κ3) is 6.98. The highest BCUT2D eigenvalue weighted by Gasteiger charge is 2.42. The monoisotopic (exact) mass is 750 g/mol. The molecule has 0 bridgehead atoms. The highest BCUT2D eigenvalue weighted by Crippen LogP contribution is 2.40. The fourth-order valence-electron chi connectivity index (χ4n) is 5.74. The second kappa shape index (κ2) is 13.7. The Morgan fingerprint density at radius 3 is 1.85 bits per heavy atom. The van der Waals surface area contributed by atoms with Crippen LogP contribution in [0.2, 0.25) is 0 Å². The first-order valence-electron chi connectivity index (χ1n) is 15.0. The summed E-state index contributed by atoms with van der Waals surface area (Å²) in [5.41, 5.74) is -4.65. The van der Waals surface area contributed by atoms with Gasteiger partial charge in [0, 0.05) is 53.2 Å². The lowest BCUT2D eigenvalue weighted by Crippen LogP contribution is -2.49. The molecule has 6 rings (SSSR count). The zero-order valence-corrected chi connectivity index (χ0v) is 27.0. The molecule has 0 aliphatic carbocycles. The van der Waals surface area contributed by atoms with E-state index >= 15 is 8.78 Å². The summed E-state index contributed by atoms with van der Waals surface area (Å²) in [4.78, 5) is 34.3. The molecule has 20 heteroatoms. The quantitative estimate of drug-likeness (QED) is 0.150. The van der Waals surface area contributed by atoms with E-state index in [1.807, 2.05) is 0 Å². The number of aromatic nitrogens is 6. The molecule has 0 saturated carbocycles. The molecule has 0 aliphatic rings. The molecule has 2 aromatic carbocycles. The van der Waals surface area contributed by atoms with Crippen LogP contribution in [-0.2, 0) is 30.9 Å². The van der Waals surface area contributed by atoms with Crippen LogP contribution in [0.4, 0.5) is 35.1 Å². The number of benzene rings is 2. The molecule has 12 nitrogen and oxygen atoms in total. The zero-order valence-electron chi connectivity index (χ0n) is 27.0. The van der Waals surface area contributed by atoms with Gasteiger partial charge in [-0.05, 0) is 24.3 Å². The van der Waals surface area contributed by atoms with Gasteiger partial charge in [0.05, 0.1) is 26.3 Å². The summed E-state index contributed by atoms with van der Waals surface area (Å²) in [5.74, 6) is -6.96. The lowest BCUT2D eigenvalue weighted by atomic mass is 9.81. The normalized spacial score (nSPS) is 13.2. The van der Waals surface area contributed by atoms with Gasteiger partial charge in [0.2, 0.25) is 11.6 Å². The Bertz CT molecular complexity index is 2420. The van der Waals surface area contributed by atoms with Gasteiger partial charge in [0.1, 0.15) is 0 Å². The second-order valence-corrected chi connectivity index (χ2v) is 11.3. The van der Waals surface area contributed by atoms with Crippen LogP contribution in [0.25, 0.3) is 22.8 Å². The molecule has 53 heavy (non-hydrogen) atoms. The molecular formula is C33H22F8N6O6. The fourth-order valence-corrected chi connectivity index (χ4v) is 5.74. The van der Waals surface area contributed by atoms with E-state index in [9.17, 15) is 35.9 Å². The van der Waals surface area contributed by atoms with E-state index in [1.165, 1.54) is 20.3 Å². The van der Waals surface area contributed by atoms with Crippen molar-refractivity contribution < 1.29 is 53.6 Å². The summed E-state index contributed by atoms with van der Waals surface area (Å²) in [5, 5.41) is 6.56. The molecule has 0 N–H and O–H groups in total. The first-order chi connectivity index (χ1) is 25.1. The number of methoxy groups -OCH3 is 2. The Morgan fingerprint density at radius 2 is 1.32 bits per heavy atom. The van der Waals surface area contributed by atoms with Gasteiger partial charge in [-0.15, -0.1) is 0 Å². The molecule has 0 aliphatic heterocycles. The Hall–Kier alpha value is -6.34. The van der Waals surface area contributed by atoms with Crippen LogP contribution in [0.3, 0.4) is 0 Å². The van der Waals surface area contributed by atoms with Crippen molar-refractivity contribution in [2.24, 2.45) is 0 Å². The highest BCUT2D eigenvalue weighted by atomic mass is 19.4. The number of ether oxygens (including phenoxy) is 2. The van der Waals surface area contributed by atoms with E-state index in [1.54, 1.807) is 12.1 Å². The van der Waals surface area contributed by atoms with Crippen molar-refractivity contribution in [3.63, 3.8) is 0 Å². The van der Waals surface area contributed by atoms with Crippen molar-refractivity contribution in [2.75, 3.05) is 14.2 Å². The first kappa shape index (κ1) is 36.5. The lowest BCUT2D eigenvalue weighted by Gasteiger charge is -2.38. The number of pyridine rings is 2. The minimum atomic E-state index is -4.99. The average Bonchev–Trinajstić information content (AvgIpc) is 3.82. The van der Waals surface area contributed by atoms with Crippen LogP contribution < -0.4 is 20.6 Å². The first-order valence-corrected chi connectivity index (χ1v) is 15.0. The van der Waals surface area contributed by atoms with Crippen molar-refractivity contribution in [2.45, 2.75) is 30.9 Å². The Morgan fingerprint density at radius 1 is 0.736 bits per heavy atom. The number of hydrogen-bond donors (Lipinski definition) is 0. The average molecular weight is 751 g/mol. The van der Waals surface area contributed by atoms with Gasteiger partial charge in [0.15, 0.2) is 23.1 Å². The third-order valence-electron chi connectivity index (χ3n) is 8.08. The topological polar surface area (TPSA) is 140 Å². The molecule has 0 saturated heterocycles. The molecule has 1 atom stereocenters. The standard InChI is InChI=1S/C33H22F8N6O6/c1-50-22-8-3-5-19(26(22)51-2)15-31(20-6-4-7-21(34)25(20)35,47-12-10-18(14-24(47)49)28-43-30(53-45-28)33(39,40)41)16-46-11-9-17(13-23(46)48)27-42-29(52-44-27)32(36,37)38/h3-14H,15-16H2,1-2H3. The molecular weight excluding hydrogens is 728 g/mol. The van der Waals surface area contributed by atoms with Crippen LogP contribution in [0.1, 0.15) is 22.9 Å². The van der Waals surface area contributed by atoms with Gasteiger partial charge < -0.3 is 27.7 Å². The van der Waals surface area contributed by atoms with Crippen molar-refractivity contribution in [3.8, 4) is 34.3 Å². The maximum absolute atomic E-state index is 16.1. The summed E-state index contributed by atoms with van der Waals surface area (Å²) >= 11 is 0. The van der Waals surface area contributed by atoms with Crippen LogP contribution in [-0.4, -0.2) is 43.6 Å².